The lowest BCUT2D eigenvalue weighted by atomic mass is 10.1. The van der Waals surface area contributed by atoms with E-state index in [0.717, 1.165) is 5.01 Å². The molecule has 0 aromatic heterocycles. The number of rotatable bonds is 3. The fourth-order valence-corrected chi connectivity index (χ4v) is 4.82. The molecular weight excluding hydrogens is 389 g/mol. The Hall–Kier alpha value is -1.64. The van der Waals surface area contributed by atoms with Gasteiger partial charge in [-0.05, 0) is 18.6 Å². The van der Waals surface area contributed by atoms with Crippen LogP contribution < -0.4 is 5.32 Å². The third-order valence-corrected chi connectivity index (χ3v) is 6.65. The van der Waals surface area contributed by atoms with Crippen LogP contribution in [-0.2, 0) is 19.4 Å². The Bertz CT molecular complexity index is 870. The molecule has 0 radical (unpaired) electrons. The molecule has 134 valence electrons. The van der Waals surface area contributed by atoms with Crippen LogP contribution in [0.15, 0.2) is 23.3 Å². The second kappa shape index (κ2) is 6.93. The molecule has 1 fully saturated rings. The topological polar surface area (TPSA) is 95.9 Å². The second-order valence-electron chi connectivity index (χ2n) is 5.90. The summed E-state index contributed by atoms with van der Waals surface area (Å²) in [7, 11) is -3.16. The number of halogens is 2. The molecule has 3 rings (SSSR count). The van der Waals surface area contributed by atoms with Crippen LogP contribution in [0.4, 0.5) is 5.69 Å². The quantitative estimate of drug-likeness (QED) is 0.835. The van der Waals surface area contributed by atoms with Crippen molar-refractivity contribution in [1.29, 1.82) is 0 Å². The van der Waals surface area contributed by atoms with Crippen LogP contribution in [-0.4, -0.2) is 48.5 Å². The van der Waals surface area contributed by atoms with Crippen LogP contribution in [0.3, 0.4) is 0 Å². The summed E-state index contributed by atoms with van der Waals surface area (Å²) in [6.45, 7) is 0. The maximum atomic E-state index is 12.4. The average Bonchev–Trinajstić information content (AvgIpc) is 2.92. The summed E-state index contributed by atoms with van der Waals surface area (Å²) in [5, 5.41) is 8.38. The first-order valence-electron chi connectivity index (χ1n) is 7.62. The van der Waals surface area contributed by atoms with E-state index >= 15 is 0 Å². The number of carbonyl (C=O) groups is 2. The van der Waals surface area contributed by atoms with E-state index in [-0.39, 0.29) is 41.0 Å². The van der Waals surface area contributed by atoms with Gasteiger partial charge in [0, 0.05) is 12.8 Å². The van der Waals surface area contributed by atoms with Crippen LogP contribution in [0.5, 0.6) is 0 Å². The first-order chi connectivity index (χ1) is 11.8. The number of carbonyl (C=O) groups excluding carboxylic acids is 2. The number of amides is 2. The van der Waals surface area contributed by atoms with Gasteiger partial charge in [0.1, 0.15) is 5.71 Å². The number of sulfone groups is 1. The molecule has 0 saturated carbocycles. The summed E-state index contributed by atoms with van der Waals surface area (Å²) < 4.78 is 23.2. The van der Waals surface area contributed by atoms with Crippen LogP contribution >= 0.6 is 23.2 Å². The summed E-state index contributed by atoms with van der Waals surface area (Å²) in [5.41, 5.74) is 0.494. The van der Waals surface area contributed by atoms with Crippen molar-refractivity contribution in [3.05, 3.63) is 28.2 Å². The van der Waals surface area contributed by atoms with E-state index < -0.39 is 21.8 Å². The number of hydrogen-bond acceptors (Lipinski definition) is 5. The SMILES string of the molecule is O=C(Nc1cccc(Cl)c1Cl)C1=NN([C@@H]2CCS(=O)(=O)C2)C(=O)CC1. The van der Waals surface area contributed by atoms with Crippen LogP contribution in [0.25, 0.3) is 0 Å². The predicted molar refractivity (Wildman–Crippen MR) is 95.7 cm³/mol. The van der Waals surface area contributed by atoms with Gasteiger partial charge in [0.15, 0.2) is 9.84 Å². The molecule has 25 heavy (non-hydrogen) atoms. The van der Waals surface area contributed by atoms with Crippen molar-refractivity contribution in [2.75, 3.05) is 16.8 Å². The lowest BCUT2D eigenvalue weighted by molar-refractivity contribution is -0.133. The number of hydrogen-bond donors (Lipinski definition) is 1. The molecule has 2 heterocycles. The van der Waals surface area contributed by atoms with E-state index in [1.54, 1.807) is 18.2 Å². The van der Waals surface area contributed by atoms with Gasteiger partial charge in [0.25, 0.3) is 5.91 Å². The third kappa shape index (κ3) is 3.96. The number of nitrogens with one attached hydrogen (secondary N) is 1. The Morgan fingerprint density at radius 1 is 1.28 bits per heavy atom. The van der Waals surface area contributed by atoms with Gasteiger partial charge in [-0.3, -0.25) is 9.59 Å². The Balaban J connectivity index is 1.79. The van der Waals surface area contributed by atoms with Gasteiger partial charge < -0.3 is 5.32 Å². The first-order valence-corrected chi connectivity index (χ1v) is 10.2. The number of benzene rings is 1. The molecule has 0 unspecified atom stereocenters. The van der Waals surface area contributed by atoms with E-state index in [0.29, 0.717) is 17.1 Å². The number of nitrogens with zero attached hydrogens (tertiary/aromatic N) is 2. The van der Waals surface area contributed by atoms with Crippen molar-refractivity contribution in [3.63, 3.8) is 0 Å². The van der Waals surface area contributed by atoms with Crippen molar-refractivity contribution in [2.45, 2.75) is 25.3 Å². The van der Waals surface area contributed by atoms with Crippen molar-refractivity contribution >= 4 is 56.3 Å². The fourth-order valence-electron chi connectivity index (χ4n) is 2.78. The van der Waals surface area contributed by atoms with Gasteiger partial charge >= 0.3 is 0 Å². The molecule has 1 aromatic carbocycles. The Morgan fingerprint density at radius 2 is 2.04 bits per heavy atom. The molecule has 1 N–H and O–H groups in total. The van der Waals surface area contributed by atoms with Gasteiger partial charge in [0.05, 0.1) is 33.3 Å². The summed E-state index contributed by atoms with van der Waals surface area (Å²) in [4.78, 5) is 24.5. The molecule has 0 spiro atoms. The molecule has 0 bridgehead atoms. The van der Waals surface area contributed by atoms with Crippen LogP contribution in [0.1, 0.15) is 19.3 Å². The molecule has 2 aliphatic rings. The molecule has 7 nitrogen and oxygen atoms in total. The van der Waals surface area contributed by atoms with Gasteiger partial charge in [-0.25, -0.2) is 13.4 Å². The zero-order chi connectivity index (χ0) is 18.2. The first kappa shape index (κ1) is 18.2. The van der Waals surface area contributed by atoms with E-state index in [1.165, 1.54) is 0 Å². The third-order valence-electron chi connectivity index (χ3n) is 4.08. The van der Waals surface area contributed by atoms with Gasteiger partial charge in [0.2, 0.25) is 5.91 Å². The monoisotopic (exact) mass is 403 g/mol. The highest BCUT2D eigenvalue weighted by Crippen LogP contribution is 2.30. The van der Waals surface area contributed by atoms with E-state index in [9.17, 15) is 18.0 Å². The summed E-state index contributed by atoms with van der Waals surface area (Å²) in [6, 6.07) is 4.32. The van der Waals surface area contributed by atoms with Crippen molar-refractivity contribution in [1.82, 2.24) is 5.01 Å². The highest BCUT2D eigenvalue weighted by Gasteiger charge is 2.37. The van der Waals surface area contributed by atoms with Crippen molar-refractivity contribution in [3.8, 4) is 0 Å². The summed E-state index contributed by atoms with van der Waals surface area (Å²) in [6.07, 6.45) is 0.609. The maximum Gasteiger partial charge on any atom is 0.271 e. The van der Waals surface area contributed by atoms with Gasteiger partial charge in [-0.15, -0.1) is 0 Å². The minimum atomic E-state index is -3.16. The smallest absolute Gasteiger partial charge is 0.271 e. The minimum Gasteiger partial charge on any atom is -0.319 e. The molecular formula is C15H15Cl2N3O4S. The highest BCUT2D eigenvalue weighted by atomic mass is 35.5. The zero-order valence-electron chi connectivity index (χ0n) is 13.0. The Labute approximate surface area is 154 Å². The molecule has 1 aromatic rings. The summed E-state index contributed by atoms with van der Waals surface area (Å²) >= 11 is 12.0. The lowest BCUT2D eigenvalue weighted by Crippen LogP contribution is -2.42. The maximum absolute atomic E-state index is 12.4. The number of anilines is 1. The minimum absolute atomic E-state index is 0.0244. The van der Waals surface area contributed by atoms with Crippen LogP contribution in [0, 0.1) is 0 Å². The lowest BCUT2D eigenvalue weighted by Gasteiger charge is -2.27. The van der Waals surface area contributed by atoms with Gasteiger partial charge in [-0.2, -0.15) is 5.10 Å². The molecule has 2 amide bonds. The summed E-state index contributed by atoms with van der Waals surface area (Å²) in [5.74, 6) is -0.879. The zero-order valence-corrected chi connectivity index (χ0v) is 15.4. The molecule has 2 aliphatic heterocycles. The Kier molecular flexibility index (Phi) is 5.04. The fraction of sp³-hybridized carbons (Fsp3) is 0.400. The Morgan fingerprint density at radius 3 is 2.72 bits per heavy atom. The molecule has 1 atom stereocenters. The highest BCUT2D eigenvalue weighted by molar-refractivity contribution is 7.91. The van der Waals surface area contributed by atoms with E-state index in [2.05, 4.69) is 10.4 Å². The van der Waals surface area contributed by atoms with E-state index in [1.807, 2.05) is 0 Å². The predicted octanol–water partition coefficient (Wildman–Crippen LogP) is 2.10. The molecule has 10 heteroatoms. The normalized spacial score (nSPS) is 22.6. The largest absolute Gasteiger partial charge is 0.319 e. The van der Waals surface area contributed by atoms with Gasteiger partial charge in [-0.1, -0.05) is 29.3 Å². The van der Waals surface area contributed by atoms with E-state index in [4.69, 9.17) is 23.2 Å². The van der Waals surface area contributed by atoms with Crippen molar-refractivity contribution < 1.29 is 18.0 Å². The standard InChI is InChI=1S/C15H15Cl2N3O4S/c16-10-2-1-3-11(14(10)17)18-15(22)12-4-5-13(21)20(19-12)9-6-7-25(23,24)8-9/h1-3,9H,4-8H2,(H,18,22)/t9-/m1/s1. The van der Waals surface area contributed by atoms with Crippen LogP contribution in [0.2, 0.25) is 10.0 Å². The van der Waals surface area contributed by atoms with Crippen molar-refractivity contribution in [2.24, 2.45) is 5.10 Å². The second-order valence-corrected chi connectivity index (χ2v) is 8.91. The molecule has 0 aliphatic carbocycles. The number of hydrazone groups is 1. The molecule has 1 saturated heterocycles. The average molecular weight is 404 g/mol.